The van der Waals surface area contributed by atoms with Crippen LogP contribution in [0.3, 0.4) is 0 Å². The first-order valence-corrected chi connectivity index (χ1v) is 10.1. The highest BCUT2D eigenvalue weighted by Gasteiger charge is 2.25. The molecule has 2 unspecified atom stereocenters. The zero-order chi connectivity index (χ0) is 20.8. The molecule has 0 spiro atoms. The molecule has 1 saturated heterocycles. The van der Waals surface area contributed by atoms with Gasteiger partial charge in [0.15, 0.2) is 0 Å². The van der Waals surface area contributed by atoms with Crippen LogP contribution in [-0.2, 0) is 0 Å². The Balaban J connectivity index is 1.55. The number of rotatable bonds is 4. The van der Waals surface area contributed by atoms with Crippen LogP contribution < -0.4 is 5.32 Å². The Morgan fingerprint density at radius 2 is 1.52 bits per heavy atom. The highest BCUT2D eigenvalue weighted by Crippen LogP contribution is 2.19. The van der Waals surface area contributed by atoms with Gasteiger partial charge in [0.2, 0.25) is 0 Å². The smallest absolute Gasteiger partial charge is 0.317 e. The first-order valence-electron chi connectivity index (χ1n) is 10.1. The van der Waals surface area contributed by atoms with Crippen LogP contribution in [0.4, 0.5) is 9.18 Å². The number of carbonyl (C=O) groups is 2. The van der Waals surface area contributed by atoms with Gasteiger partial charge < -0.3 is 15.1 Å². The first-order chi connectivity index (χ1) is 14.0. The Morgan fingerprint density at radius 3 is 2.21 bits per heavy atom. The molecule has 2 atom stereocenters. The van der Waals surface area contributed by atoms with Crippen molar-refractivity contribution in [3.63, 3.8) is 0 Å². The number of carbonyl (C=O) groups excluding carboxylic acids is 2. The predicted molar refractivity (Wildman–Crippen MR) is 111 cm³/mol. The minimum Gasteiger partial charge on any atom is -0.337 e. The molecule has 0 aliphatic carbocycles. The molecule has 1 aliphatic heterocycles. The molecule has 0 aromatic heterocycles. The molecule has 29 heavy (non-hydrogen) atoms. The molecule has 3 rings (SSSR count). The topological polar surface area (TPSA) is 52.7 Å². The van der Waals surface area contributed by atoms with Gasteiger partial charge in [-0.1, -0.05) is 37.3 Å². The number of nitrogens with zero attached hydrogens (tertiary/aromatic N) is 2. The maximum Gasteiger partial charge on any atom is 0.317 e. The van der Waals surface area contributed by atoms with Crippen molar-refractivity contribution in [3.8, 4) is 0 Å². The number of amides is 3. The van der Waals surface area contributed by atoms with E-state index in [0.717, 1.165) is 0 Å². The summed E-state index contributed by atoms with van der Waals surface area (Å²) in [6, 6.07) is 15.6. The minimum atomic E-state index is -0.362. The van der Waals surface area contributed by atoms with Crippen molar-refractivity contribution in [2.24, 2.45) is 0 Å². The Hall–Kier alpha value is -2.89. The fraction of sp³-hybridized carbons (Fsp3) is 0.391. The zero-order valence-electron chi connectivity index (χ0n) is 17.0. The summed E-state index contributed by atoms with van der Waals surface area (Å²) >= 11 is 0. The molecule has 5 nitrogen and oxygen atoms in total. The number of halogens is 1. The standard InChI is InChI=1S/C23H28FN3O2/c1-17(19-7-4-3-5-8-19)18(2)25-23(29)27-14-6-13-26(15-16-27)22(28)20-9-11-21(24)12-10-20/h3-5,7-12,17-18H,6,13-16H2,1-2H3,(H,25,29). The second-order valence-corrected chi connectivity index (χ2v) is 7.58. The van der Waals surface area contributed by atoms with E-state index in [1.165, 1.54) is 29.8 Å². The molecule has 1 aliphatic rings. The van der Waals surface area contributed by atoms with E-state index in [2.05, 4.69) is 24.4 Å². The van der Waals surface area contributed by atoms with Crippen molar-refractivity contribution in [1.29, 1.82) is 0 Å². The number of urea groups is 1. The van der Waals surface area contributed by atoms with E-state index in [1.54, 1.807) is 9.80 Å². The van der Waals surface area contributed by atoms with Crippen LogP contribution in [0.2, 0.25) is 0 Å². The molecule has 2 aromatic carbocycles. The van der Waals surface area contributed by atoms with E-state index in [0.29, 0.717) is 38.2 Å². The average molecular weight is 397 g/mol. The lowest BCUT2D eigenvalue weighted by atomic mass is 9.94. The third-order valence-electron chi connectivity index (χ3n) is 5.59. The first kappa shape index (κ1) is 20.8. The molecule has 0 radical (unpaired) electrons. The quantitative estimate of drug-likeness (QED) is 0.851. The van der Waals surface area contributed by atoms with Crippen LogP contribution in [0.1, 0.15) is 42.1 Å². The van der Waals surface area contributed by atoms with Crippen LogP contribution in [0.15, 0.2) is 54.6 Å². The molecule has 1 heterocycles. The van der Waals surface area contributed by atoms with Gasteiger partial charge in [-0.05, 0) is 43.2 Å². The lowest BCUT2D eigenvalue weighted by Crippen LogP contribution is -2.47. The van der Waals surface area contributed by atoms with Crippen molar-refractivity contribution in [2.75, 3.05) is 26.2 Å². The van der Waals surface area contributed by atoms with E-state index in [-0.39, 0.29) is 29.7 Å². The number of hydrogen-bond donors (Lipinski definition) is 1. The lowest BCUT2D eigenvalue weighted by Gasteiger charge is -2.27. The summed E-state index contributed by atoms with van der Waals surface area (Å²) < 4.78 is 13.1. The van der Waals surface area contributed by atoms with E-state index < -0.39 is 0 Å². The summed E-state index contributed by atoms with van der Waals surface area (Å²) in [5.74, 6) is -0.291. The Morgan fingerprint density at radius 1 is 0.897 bits per heavy atom. The van der Waals surface area contributed by atoms with Gasteiger partial charge in [-0.2, -0.15) is 0 Å². The van der Waals surface area contributed by atoms with Crippen molar-refractivity contribution in [3.05, 3.63) is 71.5 Å². The normalized spacial score (nSPS) is 16.7. The van der Waals surface area contributed by atoms with Crippen molar-refractivity contribution < 1.29 is 14.0 Å². The molecule has 0 bridgehead atoms. The summed E-state index contributed by atoms with van der Waals surface area (Å²) in [4.78, 5) is 28.9. The number of hydrogen-bond acceptors (Lipinski definition) is 2. The summed E-state index contributed by atoms with van der Waals surface area (Å²) in [6.45, 7) is 6.24. The average Bonchev–Trinajstić information content (AvgIpc) is 3.00. The molecule has 154 valence electrons. The third kappa shape index (κ3) is 5.34. The van der Waals surface area contributed by atoms with Gasteiger partial charge in [-0.15, -0.1) is 0 Å². The highest BCUT2D eigenvalue weighted by atomic mass is 19.1. The monoisotopic (exact) mass is 397 g/mol. The summed E-state index contributed by atoms with van der Waals surface area (Å²) in [5, 5.41) is 3.10. The zero-order valence-corrected chi connectivity index (χ0v) is 17.0. The summed E-state index contributed by atoms with van der Waals surface area (Å²) in [6.07, 6.45) is 0.711. The highest BCUT2D eigenvalue weighted by molar-refractivity contribution is 5.94. The van der Waals surface area contributed by atoms with Crippen LogP contribution in [-0.4, -0.2) is 54.0 Å². The lowest BCUT2D eigenvalue weighted by molar-refractivity contribution is 0.0762. The van der Waals surface area contributed by atoms with Crippen LogP contribution in [0.5, 0.6) is 0 Å². The van der Waals surface area contributed by atoms with Crippen molar-refractivity contribution in [2.45, 2.75) is 32.2 Å². The van der Waals surface area contributed by atoms with E-state index in [4.69, 9.17) is 0 Å². The van der Waals surface area contributed by atoms with Crippen LogP contribution in [0, 0.1) is 5.82 Å². The molecule has 2 aromatic rings. The van der Waals surface area contributed by atoms with Gasteiger partial charge >= 0.3 is 6.03 Å². The Bertz CT molecular complexity index is 826. The predicted octanol–water partition coefficient (Wildman–Crippen LogP) is 3.88. The fourth-order valence-electron chi connectivity index (χ4n) is 3.56. The fourth-order valence-corrected chi connectivity index (χ4v) is 3.56. The van der Waals surface area contributed by atoms with Gasteiger partial charge in [0.05, 0.1) is 0 Å². The van der Waals surface area contributed by atoms with E-state index >= 15 is 0 Å². The molecule has 3 amide bonds. The van der Waals surface area contributed by atoms with Gasteiger partial charge in [0, 0.05) is 43.7 Å². The van der Waals surface area contributed by atoms with Gasteiger partial charge in [-0.25, -0.2) is 9.18 Å². The maximum atomic E-state index is 13.1. The van der Waals surface area contributed by atoms with Crippen molar-refractivity contribution >= 4 is 11.9 Å². The number of benzene rings is 2. The molecule has 1 N–H and O–H groups in total. The number of nitrogens with one attached hydrogen (secondary N) is 1. The molecule has 6 heteroatoms. The van der Waals surface area contributed by atoms with Crippen LogP contribution >= 0.6 is 0 Å². The third-order valence-corrected chi connectivity index (χ3v) is 5.59. The maximum absolute atomic E-state index is 13.1. The molecular weight excluding hydrogens is 369 g/mol. The Kier molecular flexibility index (Phi) is 6.86. The van der Waals surface area contributed by atoms with Crippen LogP contribution in [0.25, 0.3) is 0 Å². The molecule has 0 saturated carbocycles. The largest absolute Gasteiger partial charge is 0.337 e. The summed E-state index contributed by atoms with van der Waals surface area (Å²) in [5.41, 5.74) is 1.65. The van der Waals surface area contributed by atoms with Gasteiger partial charge in [-0.3, -0.25) is 4.79 Å². The Labute approximate surface area is 171 Å². The van der Waals surface area contributed by atoms with E-state index in [9.17, 15) is 14.0 Å². The SMILES string of the molecule is CC(NC(=O)N1CCCN(C(=O)c2ccc(F)cc2)CC1)C(C)c1ccccc1. The van der Waals surface area contributed by atoms with Crippen molar-refractivity contribution in [1.82, 2.24) is 15.1 Å². The molecule has 1 fully saturated rings. The second-order valence-electron chi connectivity index (χ2n) is 7.58. The van der Waals surface area contributed by atoms with Gasteiger partial charge in [0.25, 0.3) is 5.91 Å². The summed E-state index contributed by atoms with van der Waals surface area (Å²) in [7, 11) is 0. The molecular formula is C23H28FN3O2. The van der Waals surface area contributed by atoms with Gasteiger partial charge in [0.1, 0.15) is 5.82 Å². The second kappa shape index (κ2) is 9.54. The van der Waals surface area contributed by atoms with E-state index in [1.807, 2.05) is 25.1 Å². The minimum absolute atomic E-state index is 0.00916.